The zero-order valence-corrected chi connectivity index (χ0v) is 12.0. The van der Waals surface area contributed by atoms with E-state index in [4.69, 9.17) is 0 Å². The summed E-state index contributed by atoms with van der Waals surface area (Å²) in [5, 5.41) is 5.38. The van der Waals surface area contributed by atoms with Crippen molar-refractivity contribution in [3.63, 3.8) is 0 Å². The third-order valence-corrected chi connectivity index (χ3v) is 4.60. The molecule has 1 spiro atoms. The third-order valence-electron chi connectivity index (χ3n) is 3.52. The number of hydrogen-bond acceptors (Lipinski definition) is 4. The lowest BCUT2D eigenvalue weighted by Gasteiger charge is -2.37. The van der Waals surface area contributed by atoms with Crippen molar-refractivity contribution in [1.29, 1.82) is 0 Å². The van der Waals surface area contributed by atoms with E-state index in [1.165, 1.54) is 0 Å². The number of hydrogen-bond donors (Lipinski definition) is 2. The van der Waals surface area contributed by atoms with Crippen LogP contribution in [0.25, 0.3) is 0 Å². The van der Waals surface area contributed by atoms with Gasteiger partial charge in [0.25, 0.3) is 5.91 Å². The number of nitrogens with zero attached hydrogens (tertiary/aromatic N) is 1. The van der Waals surface area contributed by atoms with Gasteiger partial charge in [-0.2, -0.15) is 0 Å². The monoisotopic (exact) mass is 285 g/mol. The maximum Gasteiger partial charge on any atom is 0.322 e. The lowest BCUT2D eigenvalue weighted by molar-refractivity contribution is -0.133. The minimum Gasteiger partial charge on any atom is -0.342 e. The second-order valence-electron chi connectivity index (χ2n) is 5.23. The minimum absolute atomic E-state index is 0.110. The maximum atomic E-state index is 12.0. The van der Waals surface area contributed by atoms with Crippen molar-refractivity contribution < 1.29 is 14.4 Å². The molecule has 4 amide bonds. The molecule has 0 atom stereocenters. The molecule has 7 heteroatoms. The topological polar surface area (TPSA) is 78.5 Å². The Morgan fingerprint density at radius 3 is 2.47 bits per heavy atom. The summed E-state index contributed by atoms with van der Waals surface area (Å²) in [4.78, 5) is 36.7. The predicted molar refractivity (Wildman–Crippen MR) is 72.8 cm³/mol. The van der Waals surface area contributed by atoms with Crippen LogP contribution < -0.4 is 10.6 Å². The Labute approximate surface area is 116 Å². The van der Waals surface area contributed by atoms with Gasteiger partial charge in [-0.15, -0.1) is 11.8 Å². The lowest BCUT2D eigenvalue weighted by Crippen LogP contribution is -2.56. The Balaban J connectivity index is 1.87. The molecule has 0 aromatic rings. The number of carbonyl (C=O) groups is 3. The quantitative estimate of drug-likeness (QED) is 0.732. The minimum atomic E-state index is -0.793. The van der Waals surface area contributed by atoms with Gasteiger partial charge in [-0.3, -0.25) is 14.9 Å². The van der Waals surface area contributed by atoms with Crippen LogP contribution >= 0.6 is 11.8 Å². The highest BCUT2D eigenvalue weighted by Gasteiger charge is 2.48. The van der Waals surface area contributed by atoms with Gasteiger partial charge < -0.3 is 10.2 Å². The molecule has 0 saturated carbocycles. The van der Waals surface area contributed by atoms with Gasteiger partial charge in [0.15, 0.2) is 0 Å². The fourth-order valence-corrected chi connectivity index (χ4v) is 3.01. The van der Waals surface area contributed by atoms with Crippen LogP contribution in [-0.2, 0) is 9.59 Å². The van der Waals surface area contributed by atoms with Gasteiger partial charge in [0.05, 0.1) is 5.75 Å². The third kappa shape index (κ3) is 3.02. The number of amides is 4. The summed E-state index contributed by atoms with van der Waals surface area (Å²) in [5.74, 6) is 0.322. The molecular weight excluding hydrogens is 266 g/mol. The van der Waals surface area contributed by atoms with E-state index < -0.39 is 11.6 Å². The van der Waals surface area contributed by atoms with Crippen LogP contribution in [0.3, 0.4) is 0 Å². The van der Waals surface area contributed by atoms with Crippen molar-refractivity contribution in [2.75, 3.05) is 18.8 Å². The number of carbonyl (C=O) groups excluding carboxylic acids is 3. The number of likely N-dealkylation sites (tertiary alicyclic amines) is 1. The molecule has 2 N–H and O–H groups in total. The van der Waals surface area contributed by atoms with E-state index in [0.717, 1.165) is 0 Å². The summed E-state index contributed by atoms with van der Waals surface area (Å²) in [5.41, 5.74) is -0.793. The first-order valence-electron chi connectivity index (χ1n) is 6.46. The molecule has 106 valence electrons. The molecular formula is C12H19N3O3S. The van der Waals surface area contributed by atoms with E-state index in [2.05, 4.69) is 24.5 Å². The van der Waals surface area contributed by atoms with Crippen molar-refractivity contribution in [3.05, 3.63) is 0 Å². The Hall–Kier alpha value is -1.24. The molecule has 19 heavy (non-hydrogen) atoms. The summed E-state index contributed by atoms with van der Waals surface area (Å²) in [6, 6.07) is -0.430. The first-order chi connectivity index (χ1) is 8.93. The van der Waals surface area contributed by atoms with Gasteiger partial charge in [-0.1, -0.05) is 13.8 Å². The van der Waals surface area contributed by atoms with Crippen LogP contribution in [0, 0.1) is 0 Å². The highest BCUT2D eigenvalue weighted by molar-refractivity contribution is 8.00. The Bertz CT molecular complexity index is 403. The van der Waals surface area contributed by atoms with Crippen molar-refractivity contribution in [3.8, 4) is 0 Å². The summed E-state index contributed by atoms with van der Waals surface area (Å²) < 4.78 is 0. The van der Waals surface area contributed by atoms with Crippen LogP contribution in [0.2, 0.25) is 0 Å². The predicted octanol–water partition coefficient (Wildman–Crippen LogP) is 0.329. The zero-order valence-electron chi connectivity index (χ0n) is 11.2. The molecule has 2 heterocycles. The van der Waals surface area contributed by atoms with Gasteiger partial charge in [0.1, 0.15) is 5.54 Å². The smallest absolute Gasteiger partial charge is 0.322 e. The number of nitrogens with one attached hydrogen (secondary N) is 2. The van der Waals surface area contributed by atoms with Gasteiger partial charge in [-0.25, -0.2) is 4.79 Å². The van der Waals surface area contributed by atoms with Crippen LogP contribution in [0.15, 0.2) is 0 Å². The molecule has 6 nitrogen and oxygen atoms in total. The van der Waals surface area contributed by atoms with Crippen LogP contribution in [0.5, 0.6) is 0 Å². The average molecular weight is 285 g/mol. The van der Waals surface area contributed by atoms with Crippen LogP contribution in [0.4, 0.5) is 4.79 Å². The summed E-state index contributed by atoms with van der Waals surface area (Å²) in [6.07, 6.45) is 0.977. The van der Waals surface area contributed by atoms with E-state index in [9.17, 15) is 14.4 Å². The number of imide groups is 1. The Morgan fingerprint density at radius 2 is 2.00 bits per heavy atom. The van der Waals surface area contributed by atoms with Gasteiger partial charge in [0.2, 0.25) is 5.91 Å². The van der Waals surface area contributed by atoms with Crippen molar-refractivity contribution in [1.82, 2.24) is 15.5 Å². The summed E-state index contributed by atoms with van der Waals surface area (Å²) in [7, 11) is 0. The molecule has 2 saturated heterocycles. The summed E-state index contributed by atoms with van der Waals surface area (Å²) in [6.45, 7) is 5.15. The molecule has 0 radical (unpaired) electrons. The van der Waals surface area contributed by atoms with Crippen LogP contribution in [-0.4, -0.2) is 52.4 Å². The molecule has 0 bridgehead atoms. The van der Waals surface area contributed by atoms with Crippen molar-refractivity contribution >= 4 is 29.6 Å². The van der Waals surface area contributed by atoms with Crippen molar-refractivity contribution in [2.24, 2.45) is 0 Å². The van der Waals surface area contributed by atoms with Gasteiger partial charge >= 0.3 is 6.03 Å². The van der Waals surface area contributed by atoms with E-state index in [1.54, 1.807) is 16.7 Å². The van der Waals surface area contributed by atoms with E-state index >= 15 is 0 Å². The highest BCUT2D eigenvalue weighted by atomic mass is 32.2. The summed E-state index contributed by atoms with van der Waals surface area (Å²) >= 11 is 1.62. The zero-order chi connectivity index (χ0) is 14.0. The molecule has 2 aliphatic rings. The van der Waals surface area contributed by atoms with E-state index in [0.29, 0.717) is 36.9 Å². The largest absolute Gasteiger partial charge is 0.342 e. The molecule has 0 aliphatic carbocycles. The fourth-order valence-electron chi connectivity index (χ4n) is 2.35. The first kappa shape index (κ1) is 14.2. The SMILES string of the molecule is CC(C)SCC(=O)N1CCC2(CC1)NC(=O)NC2=O. The van der Waals surface area contributed by atoms with Crippen LogP contribution in [0.1, 0.15) is 26.7 Å². The fraction of sp³-hybridized carbons (Fsp3) is 0.750. The first-order valence-corrected chi connectivity index (χ1v) is 7.51. The number of piperidine rings is 1. The Kier molecular flexibility index (Phi) is 4.03. The molecule has 2 rings (SSSR count). The Morgan fingerprint density at radius 1 is 1.37 bits per heavy atom. The number of rotatable bonds is 3. The number of thioether (sulfide) groups is 1. The lowest BCUT2D eigenvalue weighted by atomic mass is 9.88. The van der Waals surface area contributed by atoms with Crippen molar-refractivity contribution in [2.45, 2.75) is 37.5 Å². The van der Waals surface area contributed by atoms with E-state index in [-0.39, 0.29) is 11.8 Å². The van der Waals surface area contributed by atoms with Gasteiger partial charge in [-0.05, 0) is 18.1 Å². The normalized spacial score (nSPS) is 21.7. The average Bonchev–Trinajstić information content (AvgIpc) is 2.62. The molecule has 0 aromatic heterocycles. The second-order valence-corrected chi connectivity index (χ2v) is 6.80. The standard InChI is InChI=1S/C12H19N3O3S/c1-8(2)19-7-9(16)15-5-3-12(4-6-15)10(17)13-11(18)14-12/h8H,3-7H2,1-2H3,(H2,13,14,17,18). The molecule has 2 fully saturated rings. The van der Waals surface area contributed by atoms with E-state index in [1.807, 2.05) is 0 Å². The number of urea groups is 1. The molecule has 0 aromatic carbocycles. The second kappa shape index (κ2) is 5.40. The highest BCUT2D eigenvalue weighted by Crippen LogP contribution is 2.26. The van der Waals surface area contributed by atoms with Gasteiger partial charge in [0, 0.05) is 13.1 Å². The molecule has 0 unspecified atom stereocenters. The maximum absolute atomic E-state index is 12.0. The molecule has 2 aliphatic heterocycles.